The molecule has 0 saturated heterocycles. The Morgan fingerprint density at radius 2 is 1.67 bits per heavy atom. The van der Waals surface area contributed by atoms with Crippen LogP contribution < -0.4 is 0 Å². The highest BCUT2D eigenvalue weighted by Crippen LogP contribution is 2.63. The molecule has 0 heterocycles. The smallest absolute Gasteiger partial charge is 0.108 e. The van der Waals surface area contributed by atoms with Gasteiger partial charge in [-0.25, -0.2) is 0 Å². The SMILES string of the molecule is O=N[C@@H]1[C@H](Br)[C@H]2C[C@@H]1[C@H]1[C@@H](Br)[C@@H](Br)C[C@@H]21. The zero-order valence-corrected chi connectivity index (χ0v) is 12.8. The summed E-state index contributed by atoms with van der Waals surface area (Å²) in [6.45, 7) is 0. The third-order valence-electron chi connectivity index (χ3n) is 4.59. The quantitative estimate of drug-likeness (QED) is 0.486. The number of rotatable bonds is 1. The monoisotopic (exact) mass is 399 g/mol. The number of fused-ring (bicyclic) bond motifs is 5. The fourth-order valence-electron chi connectivity index (χ4n) is 4.04. The first kappa shape index (κ1) is 11.1. The van der Waals surface area contributed by atoms with E-state index in [1.165, 1.54) is 12.8 Å². The molecule has 2 bridgehead atoms. The summed E-state index contributed by atoms with van der Waals surface area (Å²) in [6.07, 6.45) is 2.44. The Bertz CT molecular complexity index is 300. The molecule has 2 nitrogen and oxygen atoms in total. The Hall–Kier alpha value is 1.04. The summed E-state index contributed by atoms with van der Waals surface area (Å²) in [5.41, 5.74) is 0. The van der Waals surface area contributed by atoms with E-state index in [2.05, 4.69) is 53.0 Å². The van der Waals surface area contributed by atoms with Crippen LogP contribution in [0.15, 0.2) is 5.18 Å². The van der Waals surface area contributed by atoms with Gasteiger partial charge in [-0.2, -0.15) is 4.91 Å². The summed E-state index contributed by atoms with van der Waals surface area (Å²) in [4.78, 5) is 12.3. The largest absolute Gasteiger partial charge is 0.150 e. The van der Waals surface area contributed by atoms with Crippen molar-refractivity contribution in [3.05, 3.63) is 4.91 Å². The van der Waals surface area contributed by atoms with Crippen LogP contribution in [0.25, 0.3) is 0 Å². The standard InChI is InChI=1S/C10H12Br3NO/c11-6-2-3-4-1-5(7(3)9(6)13)10(14-15)8(4)12/h3-10H,1-2H2/t3-,4-,5+,6-,7-,8+,9-,10-/m0/s1. The maximum absolute atomic E-state index is 10.9. The molecule has 0 aliphatic heterocycles. The highest BCUT2D eigenvalue weighted by molar-refractivity contribution is 9.12. The Labute approximate surface area is 114 Å². The van der Waals surface area contributed by atoms with Crippen molar-refractivity contribution in [1.82, 2.24) is 0 Å². The fourth-order valence-corrected chi connectivity index (χ4v) is 6.92. The van der Waals surface area contributed by atoms with Gasteiger partial charge in [0, 0.05) is 14.5 Å². The van der Waals surface area contributed by atoms with E-state index in [1.54, 1.807) is 0 Å². The van der Waals surface area contributed by atoms with E-state index >= 15 is 0 Å². The summed E-state index contributed by atoms with van der Waals surface area (Å²) in [6, 6.07) is 0.00843. The molecular weight excluding hydrogens is 390 g/mol. The van der Waals surface area contributed by atoms with Crippen LogP contribution in [0.4, 0.5) is 0 Å². The van der Waals surface area contributed by atoms with Gasteiger partial charge in [0.2, 0.25) is 0 Å². The Morgan fingerprint density at radius 3 is 2.33 bits per heavy atom. The van der Waals surface area contributed by atoms with Crippen LogP contribution in [0.1, 0.15) is 12.8 Å². The average Bonchev–Trinajstić information content (AvgIpc) is 2.79. The number of nitrogens with zero attached hydrogens (tertiary/aromatic N) is 1. The van der Waals surface area contributed by atoms with Gasteiger partial charge in [-0.1, -0.05) is 53.0 Å². The lowest BCUT2D eigenvalue weighted by atomic mass is 9.79. The molecule has 0 unspecified atom stereocenters. The molecule has 5 heteroatoms. The molecule has 15 heavy (non-hydrogen) atoms. The summed E-state index contributed by atoms with van der Waals surface area (Å²) >= 11 is 11.2. The lowest BCUT2D eigenvalue weighted by Gasteiger charge is -2.32. The third-order valence-corrected chi connectivity index (χ3v) is 8.71. The minimum atomic E-state index is 0.00843. The van der Waals surface area contributed by atoms with Crippen molar-refractivity contribution in [2.75, 3.05) is 0 Å². The van der Waals surface area contributed by atoms with Crippen LogP contribution >= 0.6 is 47.8 Å². The molecule has 3 fully saturated rings. The van der Waals surface area contributed by atoms with Gasteiger partial charge in [0.05, 0.1) is 0 Å². The van der Waals surface area contributed by atoms with Gasteiger partial charge >= 0.3 is 0 Å². The van der Waals surface area contributed by atoms with E-state index in [1.807, 2.05) is 0 Å². The lowest BCUT2D eigenvalue weighted by Crippen LogP contribution is -2.38. The Balaban J connectivity index is 1.92. The molecule has 3 saturated carbocycles. The number of nitroso groups, excluding NO2 is 1. The summed E-state index contributed by atoms with van der Waals surface area (Å²) in [5, 5.41) is 3.34. The molecule has 3 rings (SSSR count). The van der Waals surface area contributed by atoms with Gasteiger partial charge in [0.25, 0.3) is 0 Å². The lowest BCUT2D eigenvalue weighted by molar-refractivity contribution is 0.248. The molecule has 84 valence electrons. The number of hydrogen-bond donors (Lipinski definition) is 0. The molecule has 3 aliphatic rings. The molecule has 0 aromatic heterocycles. The predicted octanol–water partition coefficient (Wildman–Crippen LogP) is 3.70. The predicted molar refractivity (Wildman–Crippen MR) is 70.9 cm³/mol. The average molecular weight is 402 g/mol. The van der Waals surface area contributed by atoms with E-state index < -0.39 is 0 Å². The van der Waals surface area contributed by atoms with Crippen molar-refractivity contribution in [2.24, 2.45) is 28.8 Å². The van der Waals surface area contributed by atoms with Crippen molar-refractivity contribution < 1.29 is 0 Å². The van der Waals surface area contributed by atoms with E-state index in [4.69, 9.17) is 0 Å². The topological polar surface area (TPSA) is 29.4 Å². The first-order chi connectivity index (χ1) is 7.15. The van der Waals surface area contributed by atoms with Gasteiger partial charge in [0.15, 0.2) is 0 Å². The van der Waals surface area contributed by atoms with Crippen LogP contribution in [0.3, 0.4) is 0 Å². The van der Waals surface area contributed by atoms with Gasteiger partial charge < -0.3 is 0 Å². The minimum Gasteiger partial charge on any atom is -0.150 e. The molecule has 0 spiro atoms. The molecule has 8 atom stereocenters. The zero-order valence-electron chi connectivity index (χ0n) is 8.02. The number of alkyl halides is 3. The third kappa shape index (κ3) is 1.38. The van der Waals surface area contributed by atoms with Gasteiger partial charge in [-0.3, -0.25) is 0 Å². The van der Waals surface area contributed by atoms with Gasteiger partial charge in [0.1, 0.15) is 6.04 Å². The van der Waals surface area contributed by atoms with Crippen LogP contribution in [0.2, 0.25) is 0 Å². The molecular formula is C10H12Br3NO. The maximum Gasteiger partial charge on any atom is 0.108 e. The van der Waals surface area contributed by atoms with Gasteiger partial charge in [-0.15, -0.1) is 0 Å². The highest BCUT2D eigenvalue weighted by Gasteiger charge is 2.63. The Kier molecular flexibility index (Phi) is 2.80. The van der Waals surface area contributed by atoms with Crippen LogP contribution in [0, 0.1) is 28.6 Å². The van der Waals surface area contributed by atoms with E-state index in [0.717, 1.165) is 5.92 Å². The second kappa shape index (κ2) is 3.77. The van der Waals surface area contributed by atoms with E-state index in [9.17, 15) is 4.91 Å². The first-order valence-electron chi connectivity index (χ1n) is 5.40. The summed E-state index contributed by atoms with van der Waals surface area (Å²) in [7, 11) is 0. The molecule has 0 amide bonds. The normalized spacial score (nSPS) is 62.1. The zero-order chi connectivity index (χ0) is 10.7. The van der Waals surface area contributed by atoms with Crippen molar-refractivity contribution in [1.29, 1.82) is 0 Å². The van der Waals surface area contributed by atoms with Crippen LogP contribution in [-0.2, 0) is 0 Å². The molecule has 0 aromatic rings. The van der Waals surface area contributed by atoms with Crippen LogP contribution in [-0.4, -0.2) is 20.5 Å². The maximum atomic E-state index is 10.9. The van der Waals surface area contributed by atoms with Crippen LogP contribution in [0.5, 0.6) is 0 Å². The van der Waals surface area contributed by atoms with E-state index in [0.29, 0.717) is 32.2 Å². The molecule has 0 radical (unpaired) electrons. The summed E-state index contributed by atoms with van der Waals surface area (Å²) in [5.74, 6) is 2.63. The molecule has 0 N–H and O–H groups in total. The fraction of sp³-hybridized carbons (Fsp3) is 1.00. The second-order valence-corrected chi connectivity index (χ2v) is 8.33. The van der Waals surface area contributed by atoms with Crippen molar-refractivity contribution in [3.8, 4) is 0 Å². The molecule has 0 aromatic carbocycles. The van der Waals surface area contributed by atoms with Gasteiger partial charge in [-0.05, 0) is 36.5 Å². The van der Waals surface area contributed by atoms with Crippen molar-refractivity contribution >= 4 is 47.8 Å². The second-order valence-electron chi connectivity index (χ2n) is 5.04. The van der Waals surface area contributed by atoms with Crippen molar-refractivity contribution in [3.63, 3.8) is 0 Å². The Morgan fingerprint density at radius 1 is 0.933 bits per heavy atom. The highest BCUT2D eigenvalue weighted by atomic mass is 79.9. The minimum absolute atomic E-state index is 0.00843. The van der Waals surface area contributed by atoms with E-state index in [-0.39, 0.29) is 6.04 Å². The molecule has 3 aliphatic carbocycles. The van der Waals surface area contributed by atoms with Crippen molar-refractivity contribution in [2.45, 2.75) is 33.4 Å². The summed E-state index contributed by atoms with van der Waals surface area (Å²) < 4.78 is 0. The first-order valence-corrected chi connectivity index (χ1v) is 8.14. The number of hydrogen-bond acceptors (Lipinski definition) is 2. The number of halogens is 3.